The van der Waals surface area contributed by atoms with E-state index in [0.717, 1.165) is 11.3 Å². The number of rotatable bonds is 5. The lowest BCUT2D eigenvalue weighted by atomic mass is 9.86. The van der Waals surface area contributed by atoms with Crippen LogP contribution in [0.3, 0.4) is 0 Å². The van der Waals surface area contributed by atoms with Crippen molar-refractivity contribution in [3.8, 4) is 11.3 Å². The number of nitrogens with zero attached hydrogens (tertiary/aromatic N) is 4. The van der Waals surface area contributed by atoms with Gasteiger partial charge < -0.3 is 10.3 Å². The van der Waals surface area contributed by atoms with Crippen LogP contribution in [0.5, 0.6) is 0 Å². The summed E-state index contributed by atoms with van der Waals surface area (Å²) in [5, 5.41) is 9.77. The summed E-state index contributed by atoms with van der Waals surface area (Å²) in [5.41, 5.74) is 3.44. The number of hydrogen-bond acceptors (Lipinski definition) is 6. The maximum Gasteiger partial charge on any atom is 0.262 e. The Balaban J connectivity index is 1.39. The van der Waals surface area contributed by atoms with E-state index in [9.17, 15) is 9.59 Å². The molecule has 2 N–H and O–H groups in total. The number of hydrogen-bond donors (Lipinski definition) is 2. The predicted octanol–water partition coefficient (Wildman–Crippen LogP) is 3.65. The van der Waals surface area contributed by atoms with E-state index in [1.54, 1.807) is 11.7 Å². The molecule has 0 radical (unpaired) electrons. The molecule has 1 aromatic carbocycles. The first-order chi connectivity index (χ1) is 14.7. The number of H-pyrrole nitrogens is 1. The molecule has 0 fully saturated rings. The van der Waals surface area contributed by atoms with E-state index in [0.29, 0.717) is 28.4 Å². The Hall–Kier alpha value is -3.33. The smallest absolute Gasteiger partial charge is 0.262 e. The zero-order chi connectivity index (χ0) is 22.2. The van der Waals surface area contributed by atoms with Crippen LogP contribution in [0.1, 0.15) is 38.6 Å². The molecule has 4 rings (SSSR count). The third kappa shape index (κ3) is 4.56. The van der Waals surface area contributed by atoms with Crippen LogP contribution in [0.25, 0.3) is 22.3 Å². The number of thiazole rings is 1. The van der Waals surface area contributed by atoms with Crippen LogP contribution in [0.15, 0.2) is 40.6 Å². The second-order valence-corrected chi connectivity index (χ2v) is 9.29. The number of aromatic nitrogens is 5. The van der Waals surface area contributed by atoms with Crippen LogP contribution < -0.4 is 10.9 Å². The van der Waals surface area contributed by atoms with Crippen LogP contribution in [0.2, 0.25) is 0 Å². The molecule has 0 aliphatic heterocycles. The van der Waals surface area contributed by atoms with Gasteiger partial charge in [0.15, 0.2) is 10.8 Å². The van der Waals surface area contributed by atoms with E-state index < -0.39 is 0 Å². The van der Waals surface area contributed by atoms with E-state index in [1.807, 2.05) is 5.38 Å². The lowest BCUT2D eigenvalue weighted by Gasteiger charge is -2.18. The van der Waals surface area contributed by atoms with Gasteiger partial charge in [-0.25, -0.2) is 9.97 Å². The second kappa shape index (κ2) is 8.07. The summed E-state index contributed by atoms with van der Waals surface area (Å²) in [6, 6.07) is 8.33. The zero-order valence-corrected chi connectivity index (χ0v) is 18.7. The van der Waals surface area contributed by atoms with Gasteiger partial charge in [0, 0.05) is 30.8 Å². The number of aryl methyl sites for hydroxylation is 2. The Morgan fingerprint density at radius 1 is 1.19 bits per heavy atom. The maximum absolute atomic E-state index is 12.4. The molecule has 3 aromatic heterocycles. The molecule has 0 saturated heterocycles. The number of carbonyl (C=O) groups excluding carboxylic acids is 1. The molecule has 0 aliphatic carbocycles. The highest BCUT2D eigenvalue weighted by atomic mass is 32.1. The number of anilines is 1. The average molecular weight is 437 g/mol. The van der Waals surface area contributed by atoms with Gasteiger partial charge >= 0.3 is 0 Å². The van der Waals surface area contributed by atoms with E-state index in [2.05, 4.69) is 70.4 Å². The Bertz CT molecular complexity index is 1290. The normalized spacial score (nSPS) is 11.7. The number of nitrogens with one attached hydrogen (secondary N) is 2. The molecular formula is C22H24N6O2S. The van der Waals surface area contributed by atoms with Gasteiger partial charge in [-0.05, 0) is 11.0 Å². The molecule has 0 atom stereocenters. The van der Waals surface area contributed by atoms with Crippen molar-refractivity contribution in [2.75, 3.05) is 5.32 Å². The molecule has 9 heteroatoms. The molecule has 0 spiro atoms. The Labute approximate surface area is 183 Å². The highest BCUT2D eigenvalue weighted by molar-refractivity contribution is 7.14. The molecule has 1 amide bonds. The summed E-state index contributed by atoms with van der Waals surface area (Å²) >= 11 is 1.38. The molecule has 0 saturated carbocycles. The standard InChI is InChI=1S/C22H24N6O2S/c1-22(2,3)14-7-5-13(6-8-14)16-12-31-21(24-16)27-18(29)10-9-17-25-19-15(20(30)26-17)11-23-28(19)4/h5-8,11-12H,9-10H2,1-4H3,(H,24,27,29)(H,25,26,30). The molecule has 31 heavy (non-hydrogen) atoms. The minimum atomic E-state index is -0.254. The maximum atomic E-state index is 12.4. The number of fused-ring (bicyclic) bond motifs is 1. The van der Waals surface area contributed by atoms with E-state index in [-0.39, 0.29) is 23.3 Å². The van der Waals surface area contributed by atoms with E-state index >= 15 is 0 Å². The van der Waals surface area contributed by atoms with Crippen molar-refractivity contribution >= 4 is 33.4 Å². The third-order valence-corrected chi connectivity index (χ3v) is 5.79. The van der Waals surface area contributed by atoms with Gasteiger partial charge in [-0.3, -0.25) is 14.3 Å². The quantitative estimate of drug-likeness (QED) is 0.497. The van der Waals surface area contributed by atoms with Crippen molar-refractivity contribution in [1.82, 2.24) is 24.7 Å². The average Bonchev–Trinajstić information content (AvgIpc) is 3.33. The molecule has 4 aromatic rings. The molecule has 0 unspecified atom stereocenters. The van der Waals surface area contributed by atoms with Crippen molar-refractivity contribution in [3.05, 3.63) is 57.6 Å². The van der Waals surface area contributed by atoms with Crippen molar-refractivity contribution in [1.29, 1.82) is 0 Å². The van der Waals surface area contributed by atoms with Crippen LogP contribution in [0.4, 0.5) is 5.13 Å². The van der Waals surface area contributed by atoms with Gasteiger partial charge in [-0.2, -0.15) is 5.10 Å². The zero-order valence-electron chi connectivity index (χ0n) is 17.9. The lowest BCUT2D eigenvalue weighted by molar-refractivity contribution is -0.116. The van der Waals surface area contributed by atoms with Crippen LogP contribution in [-0.4, -0.2) is 30.6 Å². The predicted molar refractivity (Wildman–Crippen MR) is 122 cm³/mol. The Morgan fingerprint density at radius 2 is 1.94 bits per heavy atom. The summed E-state index contributed by atoms with van der Waals surface area (Å²) in [6.07, 6.45) is 1.98. The van der Waals surface area contributed by atoms with Crippen molar-refractivity contribution in [2.45, 2.75) is 39.0 Å². The topological polar surface area (TPSA) is 106 Å². The van der Waals surface area contributed by atoms with Gasteiger partial charge in [0.1, 0.15) is 11.2 Å². The molecular weight excluding hydrogens is 412 g/mol. The van der Waals surface area contributed by atoms with Gasteiger partial charge in [0.05, 0.1) is 11.9 Å². The fourth-order valence-electron chi connectivity index (χ4n) is 3.21. The third-order valence-electron chi connectivity index (χ3n) is 5.04. The Morgan fingerprint density at radius 3 is 2.65 bits per heavy atom. The first-order valence-corrected chi connectivity index (χ1v) is 10.9. The monoisotopic (exact) mass is 436 g/mol. The van der Waals surface area contributed by atoms with E-state index in [4.69, 9.17) is 0 Å². The number of carbonyl (C=O) groups is 1. The van der Waals surface area contributed by atoms with Crippen molar-refractivity contribution in [2.24, 2.45) is 7.05 Å². The fourth-order valence-corrected chi connectivity index (χ4v) is 3.95. The van der Waals surface area contributed by atoms with Crippen LogP contribution >= 0.6 is 11.3 Å². The number of benzene rings is 1. The summed E-state index contributed by atoms with van der Waals surface area (Å²) in [5.74, 6) is 0.270. The van der Waals surface area contributed by atoms with Gasteiger partial charge in [0.25, 0.3) is 5.56 Å². The second-order valence-electron chi connectivity index (χ2n) is 8.43. The summed E-state index contributed by atoms with van der Waals surface area (Å²) in [4.78, 5) is 36.1. The molecule has 160 valence electrons. The van der Waals surface area contributed by atoms with Crippen molar-refractivity contribution in [3.63, 3.8) is 0 Å². The van der Waals surface area contributed by atoms with Crippen LogP contribution in [0, 0.1) is 0 Å². The largest absolute Gasteiger partial charge is 0.310 e. The van der Waals surface area contributed by atoms with Crippen molar-refractivity contribution < 1.29 is 4.79 Å². The van der Waals surface area contributed by atoms with Gasteiger partial charge in [0.2, 0.25) is 5.91 Å². The highest BCUT2D eigenvalue weighted by Crippen LogP contribution is 2.28. The molecule has 0 bridgehead atoms. The van der Waals surface area contributed by atoms with Crippen LogP contribution in [-0.2, 0) is 23.7 Å². The molecule has 0 aliphatic rings. The fraction of sp³-hybridized carbons (Fsp3) is 0.318. The Kier molecular flexibility index (Phi) is 5.45. The summed E-state index contributed by atoms with van der Waals surface area (Å²) in [7, 11) is 1.72. The summed E-state index contributed by atoms with van der Waals surface area (Å²) in [6.45, 7) is 6.54. The molecule has 8 nitrogen and oxygen atoms in total. The SMILES string of the molecule is Cn1ncc2c(=O)[nH]c(CCC(=O)Nc3nc(-c4ccc(C(C)(C)C)cc4)cs3)nc21. The van der Waals surface area contributed by atoms with Gasteiger partial charge in [-0.15, -0.1) is 11.3 Å². The minimum absolute atomic E-state index is 0.0974. The van der Waals surface area contributed by atoms with E-state index in [1.165, 1.54) is 23.1 Å². The minimum Gasteiger partial charge on any atom is -0.310 e. The number of amides is 1. The summed E-state index contributed by atoms with van der Waals surface area (Å²) < 4.78 is 1.54. The first kappa shape index (κ1) is 20.9. The lowest BCUT2D eigenvalue weighted by Crippen LogP contribution is -2.16. The molecule has 3 heterocycles. The first-order valence-electron chi connectivity index (χ1n) is 9.98. The van der Waals surface area contributed by atoms with Gasteiger partial charge in [-0.1, -0.05) is 45.0 Å². The number of aromatic amines is 1. The highest BCUT2D eigenvalue weighted by Gasteiger charge is 2.14.